The standard InChI is InChI=1S/C14H20O2/c1-9-3-4-10-11(7-9)16-12-5-6-13(10,2)14(12)8-15-14/h7,10-12H,3-6,8H2,1-2H3/t10?,11-,12?,13?,14+/m1/s1. The predicted octanol–water partition coefficient (Wildman–Crippen LogP) is 2.68. The van der Waals surface area contributed by atoms with E-state index in [0.29, 0.717) is 23.5 Å². The average molecular weight is 220 g/mol. The van der Waals surface area contributed by atoms with Gasteiger partial charge in [-0.25, -0.2) is 0 Å². The third-order valence-corrected chi connectivity index (χ3v) is 5.70. The van der Waals surface area contributed by atoms with E-state index >= 15 is 0 Å². The molecule has 88 valence electrons. The number of rotatable bonds is 0. The lowest BCUT2D eigenvalue weighted by molar-refractivity contribution is -0.143. The molecule has 0 amide bonds. The maximum atomic E-state index is 6.29. The van der Waals surface area contributed by atoms with Crippen molar-refractivity contribution in [2.45, 2.75) is 57.3 Å². The van der Waals surface area contributed by atoms with Crippen molar-refractivity contribution < 1.29 is 9.47 Å². The molecule has 0 aromatic heterocycles. The van der Waals surface area contributed by atoms with E-state index in [0.717, 1.165) is 6.61 Å². The first-order valence-corrected chi connectivity index (χ1v) is 6.62. The van der Waals surface area contributed by atoms with Crippen molar-refractivity contribution in [3.8, 4) is 0 Å². The summed E-state index contributed by atoms with van der Waals surface area (Å²) in [6.07, 6.45) is 8.17. The van der Waals surface area contributed by atoms with Gasteiger partial charge < -0.3 is 9.47 Å². The van der Waals surface area contributed by atoms with Gasteiger partial charge in [-0.15, -0.1) is 0 Å². The third-order valence-electron chi connectivity index (χ3n) is 5.70. The molecule has 2 aliphatic carbocycles. The van der Waals surface area contributed by atoms with Crippen molar-refractivity contribution in [1.82, 2.24) is 0 Å². The molecule has 5 atom stereocenters. The number of allylic oxidation sites excluding steroid dienone is 1. The van der Waals surface area contributed by atoms with E-state index in [4.69, 9.17) is 9.47 Å². The van der Waals surface area contributed by atoms with Crippen molar-refractivity contribution in [2.24, 2.45) is 11.3 Å². The molecule has 2 saturated heterocycles. The fourth-order valence-corrected chi connectivity index (χ4v) is 4.55. The monoisotopic (exact) mass is 220 g/mol. The molecule has 0 aromatic carbocycles. The van der Waals surface area contributed by atoms with Gasteiger partial charge in [-0.3, -0.25) is 0 Å². The highest BCUT2D eigenvalue weighted by atomic mass is 16.6. The zero-order valence-electron chi connectivity index (χ0n) is 10.2. The number of ether oxygens (including phenoxy) is 2. The largest absolute Gasteiger partial charge is 0.367 e. The van der Waals surface area contributed by atoms with Gasteiger partial charge in [0.15, 0.2) is 0 Å². The van der Waals surface area contributed by atoms with Gasteiger partial charge in [0.25, 0.3) is 0 Å². The molecule has 4 aliphatic rings. The molecule has 3 fully saturated rings. The van der Waals surface area contributed by atoms with Crippen LogP contribution in [-0.4, -0.2) is 24.4 Å². The molecular weight excluding hydrogens is 200 g/mol. The molecule has 2 heteroatoms. The van der Waals surface area contributed by atoms with Gasteiger partial charge in [-0.05, 0) is 38.5 Å². The van der Waals surface area contributed by atoms with E-state index in [1.807, 2.05) is 0 Å². The summed E-state index contributed by atoms with van der Waals surface area (Å²) in [7, 11) is 0. The molecule has 2 nitrogen and oxygen atoms in total. The summed E-state index contributed by atoms with van der Waals surface area (Å²) in [4.78, 5) is 0. The highest BCUT2D eigenvalue weighted by Crippen LogP contribution is 2.66. The Labute approximate surface area is 97.0 Å². The molecular formula is C14H20O2. The van der Waals surface area contributed by atoms with Gasteiger partial charge >= 0.3 is 0 Å². The molecule has 0 radical (unpaired) electrons. The normalized spacial score (nSPS) is 58.4. The Hall–Kier alpha value is -0.340. The number of hydrogen-bond acceptors (Lipinski definition) is 2. The first-order valence-electron chi connectivity index (χ1n) is 6.62. The SMILES string of the molecule is CC1=C[C@H]2OC3CCC(C)(C2CC1)[C@]31CO1. The Kier molecular flexibility index (Phi) is 1.65. The molecule has 2 heterocycles. The molecule has 2 bridgehead atoms. The topological polar surface area (TPSA) is 21.8 Å². The molecule has 16 heavy (non-hydrogen) atoms. The van der Waals surface area contributed by atoms with Crippen LogP contribution in [0.15, 0.2) is 11.6 Å². The minimum absolute atomic E-state index is 0.118. The Morgan fingerprint density at radius 1 is 1.38 bits per heavy atom. The Balaban J connectivity index is 1.78. The average Bonchev–Trinajstić information content (AvgIpc) is 2.99. The Morgan fingerprint density at radius 3 is 2.94 bits per heavy atom. The highest BCUT2D eigenvalue weighted by molar-refractivity contribution is 5.25. The highest BCUT2D eigenvalue weighted by Gasteiger charge is 2.73. The fraction of sp³-hybridized carbons (Fsp3) is 0.857. The Bertz CT molecular complexity index is 369. The van der Waals surface area contributed by atoms with Gasteiger partial charge in [0, 0.05) is 5.41 Å². The van der Waals surface area contributed by atoms with Crippen LogP contribution in [0.4, 0.5) is 0 Å². The van der Waals surface area contributed by atoms with Crippen LogP contribution in [0.1, 0.15) is 39.5 Å². The first kappa shape index (κ1) is 9.67. The molecule has 0 aromatic rings. The van der Waals surface area contributed by atoms with Crippen molar-refractivity contribution in [3.63, 3.8) is 0 Å². The van der Waals surface area contributed by atoms with Crippen molar-refractivity contribution in [1.29, 1.82) is 0 Å². The third kappa shape index (κ3) is 0.925. The quantitative estimate of drug-likeness (QED) is 0.462. The summed E-state index contributed by atoms with van der Waals surface area (Å²) in [5.74, 6) is 0.692. The van der Waals surface area contributed by atoms with Crippen LogP contribution >= 0.6 is 0 Å². The van der Waals surface area contributed by atoms with E-state index < -0.39 is 0 Å². The molecule has 3 unspecified atom stereocenters. The van der Waals surface area contributed by atoms with Crippen LogP contribution in [0, 0.1) is 11.3 Å². The van der Waals surface area contributed by atoms with Crippen LogP contribution in [0.5, 0.6) is 0 Å². The second-order valence-electron chi connectivity index (χ2n) is 6.38. The van der Waals surface area contributed by atoms with Crippen LogP contribution < -0.4 is 0 Å². The zero-order valence-corrected chi connectivity index (χ0v) is 10.2. The predicted molar refractivity (Wildman–Crippen MR) is 61.2 cm³/mol. The molecule has 2 aliphatic heterocycles. The van der Waals surface area contributed by atoms with Gasteiger partial charge in [0.1, 0.15) is 5.60 Å². The van der Waals surface area contributed by atoms with Gasteiger partial charge in [-0.1, -0.05) is 18.6 Å². The lowest BCUT2D eigenvalue weighted by Crippen LogP contribution is -2.54. The summed E-state index contributed by atoms with van der Waals surface area (Å²) in [5, 5.41) is 0. The molecule has 1 spiro atoms. The number of epoxide rings is 1. The lowest BCUT2D eigenvalue weighted by atomic mass is 9.62. The summed E-state index contributed by atoms with van der Waals surface area (Å²) in [5.41, 5.74) is 2.02. The van der Waals surface area contributed by atoms with Crippen LogP contribution in [0.2, 0.25) is 0 Å². The van der Waals surface area contributed by atoms with Crippen molar-refractivity contribution in [2.75, 3.05) is 6.61 Å². The van der Waals surface area contributed by atoms with Crippen LogP contribution in [-0.2, 0) is 9.47 Å². The van der Waals surface area contributed by atoms with E-state index in [2.05, 4.69) is 19.9 Å². The molecule has 0 N–H and O–H groups in total. The van der Waals surface area contributed by atoms with Crippen molar-refractivity contribution in [3.05, 3.63) is 11.6 Å². The zero-order chi connectivity index (χ0) is 11.0. The van der Waals surface area contributed by atoms with Crippen LogP contribution in [0.25, 0.3) is 0 Å². The minimum atomic E-state index is 0.118. The number of fused-ring (bicyclic) bond motifs is 2. The van der Waals surface area contributed by atoms with E-state index in [1.165, 1.54) is 31.3 Å². The molecule has 4 rings (SSSR count). The van der Waals surface area contributed by atoms with Gasteiger partial charge in [-0.2, -0.15) is 0 Å². The number of hydrogen-bond donors (Lipinski definition) is 0. The summed E-state index contributed by atoms with van der Waals surface area (Å²) in [6.45, 7) is 5.64. The Morgan fingerprint density at radius 2 is 2.19 bits per heavy atom. The first-order chi connectivity index (χ1) is 7.66. The lowest BCUT2D eigenvalue weighted by Gasteiger charge is -2.48. The van der Waals surface area contributed by atoms with Crippen LogP contribution in [0.3, 0.4) is 0 Å². The smallest absolute Gasteiger partial charge is 0.123 e. The second-order valence-corrected chi connectivity index (χ2v) is 6.38. The van der Waals surface area contributed by atoms with Crippen molar-refractivity contribution >= 4 is 0 Å². The van der Waals surface area contributed by atoms with E-state index in [-0.39, 0.29) is 5.60 Å². The van der Waals surface area contributed by atoms with Gasteiger partial charge in [0.05, 0.1) is 18.8 Å². The maximum absolute atomic E-state index is 6.29. The summed E-state index contributed by atoms with van der Waals surface area (Å²) in [6, 6.07) is 0. The summed E-state index contributed by atoms with van der Waals surface area (Å²) >= 11 is 0. The van der Waals surface area contributed by atoms with Gasteiger partial charge in [0.2, 0.25) is 0 Å². The fourth-order valence-electron chi connectivity index (χ4n) is 4.55. The van der Waals surface area contributed by atoms with E-state index in [9.17, 15) is 0 Å². The molecule has 1 saturated carbocycles. The second kappa shape index (κ2) is 2.73. The summed E-state index contributed by atoms with van der Waals surface area (Å²) < 4.78 is 12.2. The minimum Gasteiger partial charge on any atom is -0.367 e. The van der Waals surface area contributed by atoms with E-state index in [1.54, 1.807) is 0 Å². The maximum Gasteiger partial charge on any atom is 0.123 e.